The lowest BCUT2D eigenvalue weighted by Crippen LogP contribution is -2.37. The second kappa shape index (κ2) is 7.74. The molecule has 7 rings (SSSR count). The Morgan fingerprint density at radius 2 is 1.89 bits per heavy atom. The molecule has 178 valence electrons. The van der Waals surface area contributed by atoms with Crippen LogP contribution < -0.4 is 10.5 Å². The summed E-state index contributed by atoms with van der Waals surface area (Å²) in [5.41, 5.74) is 11.9. The van der Waals surface area contributed by atoms with E-state index < -0.39 is 0 Å². The molecule has 1 aliphatic heterocycles. The van der Waals surface area contributed by atoms with Crippen LogP contribution in [-0.4, -0.2) is 47.8 Å². The van der Waals surface area contributed by atoms with Crippen LogP contribution in [0.25, 0.3) is 27.7 Å². The summed E-state index contributed by atoms with van der Waals surface area (Å²) in [5.74, 6) is 1.93. The van der Waals surface area contributed by atoms with Crippen molar-refractivity contribution in [2.45, 2.75) is 31.8 Å². The van der Waals surface area contributed by atoms with Crippen molar-refractivity contribution >= 4 is 28.3 Å². The molecule has 3 aromatic heterocycles. The van der Waals surface area contributed by atoms with Crippen molar-refractivity contribution in [2.24, 2.45) is 0 Å². The number of nitrogen functional groups attached to an aromatic ring is 1. The zero-order chi connectivity index (χ0) is 24.4. The van der Waals surface area contributed by atoms with E-state index in [9.17, 15) is 4.79 Å². The van der Waals surface area contributed by atoms with E-state index in [1.807, 2.05) is 58.9 Å². The number of carbonyl (C=O) groups excluding carboxylic acids is 1. The van der Waals surface area contributed by atoms with Crippen molar-refractivity contribution in [3.8, 4) is 16.9 Å². The van der Waals surface area contributed by atoms with E-state index in [2.05, 4.69) is 26.0 Å². The van der Waals surface area contributed by atoms with Crippen LogP contribution >= 0.6 is 0 Å². The summed E-state index contributed by atoms with van der Waals surface area (Å²) in [6.07, 6.45) is 8.99. The largest absolute Gasteiger partial charge is 0.491 e. The second-order valence-electron chi connectivity index (χ2n) is 9.39. The molecule has 0 saturated heterocycles. The molecule has 5 aromatic rings. The summed E-state index contributed by atoms with van der Waals surface area (Å²) in [5, 5.41) is 0. The summed E-state index contributed by atoms with van der Waals surface area (Å²) in [6, 6.07) is 11.7. The number of aromatic nitrogens is 5. The number of nitrogens with two attached hydrogens (primary N) is 1. The van der Waals surface area contributed by atoms with E-state index in [0.29, 0.717) is 18.0 Å². The molecule has 9 heteroatoms. The number of benzene rings is 2. The molecule has 2 aromatic carbocycles. The molecule has 1 amide bonds. The van der Waals surface area contributed by atoms with E-state index in [1.165, 1.54) is 0 Å². The third-order valence-electron chi connectivity index (χ3n) is 7.02. The highest BCUT2D eigenvalue weighted by Gasteiger charge is 2.42. The highest BCUT2D eigenvalue weighted by atomic mass is 16.5. The zero-order valence-electron chi connectivity index (χ0n) is 19.6. The smallest absolute Gasteiger partial charge is 0.254 e. The Bertz CT molecular complexity index is 1660. The first-order chi connectivity index (χ1) is 17.6. The Morgan fingerprint density at radius 3 is 2.69 bits per heavy atom. The van der Waals surface area contributed by atoms with Crippen LogP contribution in [0.1, 0.15) is 40.6 Å². The number of amides is 1. The van der Waals surface area contributed by atoms with Crippen molar-refractivity contribution in [3.05, 3.63) is 78.3 Å². The minimum atomic E-state index is -0.142. The van der Waals surface area contributed by atoms with Gasteiger partial charge in [0.1, 0.15) is 29.5 Å². The van der Waals surface area contributed by atoms with Crippen LogP contribution in [0, 0.1) is 6.92 Å². The lowest BCUT2D eigenvalue weighted by Gasteiger charge is -2.28. The van der Waals surface area contributed by atoms with Crippen molar-refractivity contribution in [1.82, 2.24) is 29.2 Å². The molecule has 36 heavy (non-hydrogen) atoms. The molecule has 1 aliphatic carbocycles. The van der Waals surface area contributed by atoms with Crippen LogP contribution in [0.4, 0.5) is 5.82 Å². The maximum atomic E-state index is 13.9. The molecule has 0 radical (unpaired) electrons. The quantitative estimate of drug-likeness (QED) is 0.417. The number of rotatable bonds is 4. The minimum absolute atomic E-state index is 0.0121. The van der Waals surface area contributed by atoms with Crippen molar-refractivity contribution in [3.63, 3.8) is 0 Å². The molecule has 0 unspecified atom stereocenters. The van der Waals surface area contributed by atoms with Gasteiger partial charge in [-0.1, -0.05) is 12.1 Å². The minimum Gasteiger partial charge on any atom is -0.491 e. The lowest BCUT2D eigenvalue weighted by molar-refractivity contribution is 0.0630. The van der Waals surface area contributed by atoms with Gasteiger partial charge in [0.2, 0.25) is 0 Å². The number of ether oxygens (including phenoxy) is 1. The number of carbonyl (C=O) groups is 1. The summed E-state index contributed by atoms with van der Waals surface area (Å²) >= 11 is 0. The van der Waals surface area contributed by atoms with Gasteiger partial charge in [-0.05, 0) is 49.6 Å². The fourth-order valence-electron chi connectivity index (χ4n) is 5.02. The Kier molecular flexibility index (Phi) is 4.47. The highest BCUT2D eigenvalue weighted by Crippen LogP contribution is 2.43. The topological polar surface area (TPSA) is 112 Å². The molecule has 2 N–H and O–H groups in total. The fourth-order valence-corrected chi connectivity index (χ4v) is 5.02. The van der Waals surface area contributed by atoms with Gasteiger partial charge in [-0.3, -0.25) is 9.20 Å². The van der Waals surface area contributed by atoms with Crippen LogP contribution in [-0.2, 0) is 0 Å². The molecule has 1 fully saturated rings. The Balaban J connectivity index is 1.25. The second-order valence-corrected chi connectivity index (χ2v) is 9.39. The average Bonchev–Trinajstić information content (AvgIpc) is 3.43. The zero-order valence-corrected chi connectivity index (χ0v) is 19.6. The van der Waals surface area contributed by atoms with Gasteiger partial charge in [0.05, 0.1) is 29.6 Å². The normalized spacial score (nSPS) is 16.8. The number of anilines is 1. The van der Waals surface area contributed by atoms with Crippen molar-refractivity contribution in [2.75, 3.05) is 12.3 Å². The van der Waals surface area contributed by atoms with Crippen molar-refractivity contribution in [1.29, 1.82) is 0 Å². The number of aryl methyl sites for hydroxylation is 1. The van der Waals surface area contributed by atoms with Gasteiger partial charge in [-0.2, -0.15) is 0 Å². The maximum absolute atomic E-state index is 13.9. The Hall–Kier alpha value is -4.53. The number of imidazole rings is 1. The number of nitrogens with zero attached hydrogens (tertiary/aromatic N) is 6. The van der Waals surface area contributed by atoms with Gasteiger partial charge in [0.15, 0.2) is 0 Å². The molecule has 4 heterocycles. The number of hydrogen-bond acceptors (Lipinski definition) is 7. The molecule has 0 spiro atoms. The third-order valence-corrected chi connectivity index (χ3v) is 7.02. The van der Waals surface area contributed by atoms with Gasteiger partial charge in [-0.15, -0.1) is 0 Å². The van der Waals surface area contributed by atoms with Gasteiger partial charge in [0.25, 0.3) is 5.91 Å². The molecule has 1 saturated carbocycles. The summed E-state index contributed by atoms with van der Waals surface area (Å²) < 4.78 is 7.98. The molecular weight excluding hydrogens is 454 g/mol. The van der Waals surface area contributed by atoms with E-state index in [1.54, 1.807) is 12.5 Å². The summed E-state index contributed by atoms with van der Waals surface area (Å²) in [6.45, 7) is 2.30. The number of hydrogen-bond donors (Lipinski definition) is 1. The van der Waals surface area contributed by atoms with E-state index in [4.69, 9.17) is 10.5 Å². The Labute approximate surface area is 206 Å². The summed E-state index contributed by atoms with van der Waals surface area (Å²) in [7, 11) is 0. The first-order valence-corrected chi connectivity index (χ1v) is 12.0. The highest BCUT2D eigenvalue weighted by molar-refractivity contribution is 5.98. The average molecular weight is 478 g/mol. The van der Waals surface area contributed by atoms with E-state index >= 15 is 0 Å². The van der Waals surface area contributed by atoms with Crippen LogP contribution in [0.2, 0.25) is 0 Å². The molecule has 1 atom stereocenters. The SMILES string of the molecule is Cc1ncc(-c2ccc3c(c2)OC[C@H]3N(C(=O)c2ccc3nc(N)c4cncn4c3c2)C2CC2)cn1. The van der Waals surface area contributed by atoms with Gasteiger partial charge < -0.3 is 15.4 Å². The van der Waals surface area contributed by atoms with Gasteiger partial charge >= 0.3 is 0 Å². The Morgan fingerprint density at radius 1 is 1.06 bits per heavy atom. The standard InChI is InChI=1S/C27H23N7O2/c1-15-30-10-18(11-31-15)16-2-6-20-24(13-36-25(20)9-16)34(19-4-5-19)27(35)17-3-7-21-22(8-17)33-14-29-12-23(33)26(28)32-21/h2-3,6-12,14,19,24H,4-5,13H2,1H3,(H2,28,32)/t24-/m1/s1. The van der Waals surface area contributed by atoms with Gasteiger partial charge in [0, 0.05) is 35.1 Å². The summed E-state index contributed by atoms with van der Waals surface area (Å²) in [4.78, 5) is 33.2. The first kappa shape index (κ1) is 20.8. The van der Waals surface area contributed by atoms with Crippen molar-refractivity contribution < 1.29 is 9.53 Å². The molecule has 9 nitrogen and oxygen atoms in total. The predicted octanol–water partition coefficient (Wildman–Crippen LogP) is 3.97. The first-order valence-electron chi connectivity index (χ1n) is 12.0. The van der Waals surface area contributed by atoms with Crippen LogP contribution in [0.5, 0.6) is 5.75 Å². The van der Waals surface area contributed by atoms with E-state index in [-0.39, 0.29) is 18.0 Å². The van der Waals surface area contributed by atoms with Crippen LogP contribution in [0.15, 0.2) is 61.3 Å². The fraction of sp³-hybridized carbons (Fsp3) is 0.222. The predicted molar refractivity (Wildman–Crippen MR) is 135 cm³/mol. The molecule has 0 bridgehead atoms. The maximum Gasteiger partial charge on any atom is 0.254 e. The lowest BCUT2D eigenvalue weighted by atomic mass is 10.0. The van der Waals surface area contributed by atoms with Gasteiger partial charge in [-0.25, -0.2) is 19.9 Å². The van der Waals surface area contributed by atoms with E-state index in [0.717, 1.165) is 57.7 Å². The molecule has 2 aliphatic rings. The van der Waals surface area contributed by atoms with Crippen LogP contribution in [0.3, 0.4) is 0 Å². The monoisotopic (exact) mass is 477 g/mol. The third kappa shape index (κ3) is 3.27. The molecular formula is C27H23N7O2. The number of fused-ring (bicyclic) bond motifs is 4.